The molecule has 0 saturated carbocycles. The van der Waals surface area contributed by atoms with Crippen molar-refractivity contribution in [2.24, 2.45) is 0 Å². The van der Waals surface area contributed by atoms with Gasteiger partial charge in [0, 0.05) is 24.7 Å². The van der Waals surface area contributed by atoms with Gasteiger partial charge in [0.1, 0.15) is 0 Å². The lowest BCUT2D eigenvalue weighted by atomic mass is 9.72. The van der Waals surface area contributed by atoms with Crippen molar-refractivity contribution in [1.29, 1.82) is 0 Å². The van der Waals surface area contributed by atoms with Crippen molar-refractivity contribution in [2.45, 2.75) is 25.2 Å². The SMILES string of the molecule is CCS(=O)(=O)N1CCC(C(=O)Nc2cccc3cccnc23)(c2ccccc2)CC1. The van der Waals surface area contributed by atoms with Crippen molar-refractivity contribution in [2.75, 3.05) is 24.2 Å². The van der Waals surface area contributed by atoms with Crippen LogP contribution in [0.4, 0.5) is 5.69 Å². The first kappa shape index (κ1) is 20.5. The van der Waals surface area contributed by atoms with Crippen LogP contribution in [-0.4, -0.2) is 42.5 Å². The smallest absolute Gasteiger partial charge is 0.235 e. The Labute approximate surface area is 177 Å². The van der Waals surface area contributed by atoms with Gasteiger partial charge < -0.3 is 5.32 Å². The van der Waals surface area contributed by atoms with Crippen LogP contribution in [0.15, 0.2) is 66.9 Å². The van der Waals surface area contributed by atoms with Crippen LogP contribution in [0.5, 0.6) is 0 Å². The number of carbonyl (C=O) groups excluding carboxylic acids is 1. The molecule has 6 nitrogen and oxygen atoms in total. The number of benzene rings is 2. The van der Waals surface area contributed by atoms with Gasteiger partial charge in [-0.3, -0.25) is 9.78 Å². The number of sulfonamides is 1. The number of carbonyl (C=O) groups is 1. The summed E-state index contributed by atoms with van der Waals surface area (Å²) >= 11 is 0. The topological polar surface area (TPSA) is 79.4 Å². The number of hydrogen-bond acceptors (Lipinski definition) is 4. The highest BCUT2D eigenvalue weighted by molar-refractivity contribution is 7.89. The first-order chi connectivity index (χ1) is 14.5. The quantitative estimate of drug-likeness (QED) is 0.681. The number of amides is 1. The molecule has 3 aromatic rings. The van der Waals surface area contributed by atoms with Gasteiger partial charge in [-0.15, -0.1) is 0 Å². The minimum atomic E-state index is -3.28. The number of aromatic nitrogens is 1. The average Bonchev–Trinajstić information content (AvgIpc) is 2.80. The summed E-state index contributed by atoms with van der Waals surface area (Å²) in [6.07, 6.45) is 2.57. The number of anilines is 1. The van der Waals surface area contributed by atoms with Crippen LogP contribution in [0.1, 0.15) is 25.3 Å². The molecule has 2 aromatic carbocycles. The molecule has 1 N–H and O–H groups in total. The third kappa shape index (κ3) is 3.70. The summed E-state index contributed by atoms with van der Waals surface area (Å²) in [5.41, 5.74) is 1.52. The first-order valence-electron chi connectivity index (χ1n) is 10.1. The van der Waals surface area contributed by atoms with E-state index in [2.05, 4.69) is 10.3 Å². The van der Waals surface area contributed by atoms with Crippen LogP contribution in [0.2, 0.25) is 0 Å². The Morgan fingerprint density at radius 2 is 1.73 bits per heavy atom. The number of nitrogens with zero attached hydrogens (tertiary/aromatic N) is 2. The second-order valence-electron chi connectivity index (χ2n) is 7.58. The summed E-state index contributed by atoms with van der Waals surface area (Å²) in [6, 6.07) is 19.2. The molecular weight excluding hydrogens is 398 g/mol. The molecular formula is C23H25N3O3S. The van der Waals surface area contributed by atoms with Gasteiger partial charge in [-0.25, -0.2) is 12.7 Å². The van der Waals surface area contributed by atoms with Crippen molar-refractivity contribution in [3.63, 3.8) is 0 Å². The molecule has 7 heteroatoms. The molecule has 2 heterocycles. The van der Waals surface area contributed by atoms with E-state index in [0.717, 1.165) is 16.5 Å². The van der Waals surface area contributed by atoms with Crippen LogP contribution in [-0.2, 0) is 20.2 Å². The van der Waals surface area contributed by atoms with Crippen LogP contribution in [0.25, 0.3) is 10.9 Å². The van der Waals surface area contributed by atoms with Gasteiger partial charge in [-0.2, -0.15) is 0 Å². The van der Waals surface area contributed by atoms with Crippen molar-refractivity contribution in [3.05, 3.63) is 72.4 Å². The molecule has 1 fully saturated rings. The van der Waals surface area contributed by atoms with E-state index in [-0.39, 0.29) is 11.7 Å². The van der Waals surface area contributed by atoms with E-state index in [9.17, 15) is 13.2 Å². The molecule has 1 aliphatic rings. The van der Waals surface area contributed by atoms with Gasteiger partial charge >= 0.3 is 0 Å². The van der Waals surface area contributed by atoms with E-state index in [1.807, 2.05) is 60.7 Å². The zero-order valence-corrected chi connectivity index (χ0v) is 17.7. The fourth-order valence-electron chi connectivity index (χ4n) is 4.18. The molecule has 1 aromatic heterocycles. The van der Waals surface area contributed by atoms with Crippen LogP contribution in [0, 0.1) is 0 Å². The number of para-hydroxylation sites is 1. The average molecular weight is 424 g/mol. The van der Waals surface area contributed by atoms with Gasteiger partial charge in [-0.1, -0.05) is 48.5 Å². The molecule has 0 bridgehead atoms. The molecule has 1 aliphatic heterocycles. The summed E-state index contributed by atoms with van der Waals surface area (Å²) in [5.74, 6) is -0.0560. The molecule has 0 aliphatic carbocycles. The van der Waals surface area contributed by atoms with Gasteiger partial charge in [0.25, 0.3) is 0 Å². The highest BCUT2D eigenvalue weighted by Crippen LogP contribution is 2.38. The summed E-state index contributed by atoms with van der Waals surface area (Å²) in [4.78, 5) is 18.1. The lowest BCUT2D eigenvalue weighted by Gasteiger charge is -2.40. The Hall–Kier alpha value is -2.77. The van der Waals surface area contributed by atoms with Crippen molar-refractivity contribution >= 4 is 32.5 Å². The maximum Gasteiger partial charge on any atom is 0.235 e. The van der Waals surface area contributed by atoms with E-state index in [1.165, 1.54) is 4.31 Å². The minimum absolute atomic E-state index is 0.0687. The van der Waals surface area contributed by atoms with Crippen molar-refractivity contribution < 1.29 is 13.2 Å². The van der Waals surface area contributed by atoms with E-state index in [0.29, 0.717) is 31.6 Å². The van der Waals surface area contributed by atoms with Gasteiger partial charge in [0.2, 0.25) is 15.9 Å². The third-order valence-electron chi connectivity index (χ3n) is 5.98. The zero-order chi connectivity index (χ0) is 21.2. The number of pyridine rings is 1. The Morgan fingerprint density at radius 3 is 2.43 bits per heavy atom. The van der Waals surface area contributed by atoms with Gasteiger partial charge in [-0.05, 0) is 37.5 Å². The number of nitrogens with one attached hydrogen (secondary N) is 1. The van der Waals surface area contributed by atoms with Crippen molar-refractivity contribution in [1.82, 2.24) is 9.29 Å². The van der Waals surface area contributed by atoms with Crippen LogP contribution < -0.4 is 5.32 Å². The van der Waals surface area contributed by atoms with E-state index in [4.69, 9.17) is 0 Å². The third-order valence-corrected chi connectivity index (χ3v) is 7.86. The van der Waals surface area contributed by atoms with Gasteiger partial charge in [0.05, 0.1) is 22.4 Å². The first-order valence-corrected chi connectivity index (χ1v) is 11.8. The number of piperidine rings is 1. The fraction of sp³-hybridized carbons (Fsp3) is 0.304. The number of fused-ring (bicyclic) bond motifs is 1. The Morgan fingerprint density at radius 1 is 1.03 bits per heavy atom. The summed E-state index contributed by atoms with van der Waals surface area (Å²) in [7, 11) is -3.28. The Kier molecular flexibility index (Phi) is 5.58. The predicted octanol–water partition coefficient (Wildman–Crippen LogP) is 3.56. The maximum absolute atomic E-state index is 13.7. The summed E-state index contributed by atoms with van der Waals surface area (Å²) in [6.45, 7) is 2.30. The second-order valence-corrected chi connectivity index (χ2v) is 9.84. The summed E-state index contributed by atoms with van der Waals surface area (Å²) in [5, 5.41) is 4.04. The van der Waals surface area contributed by atoms with E-state index in [1.54, 1.807) is 13.1 Å². The predicted molar refractivity (Wildman–Crippen MR) is 119 cm³/mol. The zero-order valence-electron chi connectivity index (χ0n) is 16.9. The number of hydrogen-bond donors (Lipinski definition) is 1. The molecule has 1 amide bonds. The largest absolute Gasteiger partial charge is 0.323 e. The Bertz CT molecular complexity index is 1150. The minimum Gasteiger partial charge on any atom is -0.323 e. The monoisotopic (exact) mass is 423 g/mol. The van der Waals surface area contributed by atoms with Gasteiger partial charge in [0.15, 0.2) is 0 Å². The normalized spacial score (nSPS) is 17.0. The standard InChI is InChI=1S/C23H25N3O3S/c1-2-30(28,29)26-16-13-23(14-17-26,19-10-4-3-5-11-19)22(27)25-20-12-6-8-18-9-7-15-24-21(18)20/h3-12,15H,2,13-14,16-17H2,1H3,(H,25,27). The molecule has 156 valence electrons. The molecule has 30 heavy (non-hydrogen) atoms. The van der Waals surface area contributed by atoms with Crippen LogP contribution >= 0.6 is 0 Å². The van der Waals surface area contributed by atoms with E-state index < -0.39 is 15.4 Å². The lowest BCUT2D eigenvalue weighted by molar-refractivity contribution is -0.123. The summed E-state index contributed by atoms with van der Waals surface area (Å²) < 4.78 is 26.2. The highest BCUT2D eigenvalue weighted by atomic mass is 32.2. The maximum atomic E-state index is 13.7. The van der Waals surface area contributed by atoms with Crippen LogP contribution in [0.3, 0.4) is 0 Å². The molecule has 4 rings (SSSR count). The molecule has 0 spiro atoms. The fourth-order valence-corrected chi connectivity index (χ4v) is 5.28. The molecule has 1 saturated heterocycles. The number of rotatable bonds is 5. The molecule has 0 unspecified atom stereocenters. The lowest BCUT2D eigenvalue weighted by Crippen LogP contribution is -2.51. The highest BCUT2D eigenvalue weighted by Gasteiger charge is 2.44. The Balaban J connectivity index is 1.68. The second kappa shape index (κ2) is 8.16. The van der Waals surface area contributed by atoms with E-state index >= 15 is 0 Å². The van der Waals surface area contributed by atoms with Crippen molar-refractivity contribution in [3.8, 4) is 0 Å². The molecule has 0 radical (unpaired) electrons. The molecule has 0 atom stereocenters.